The van der Waals surface area contributed by atoms with Crippen molar-refractivity contribution in [3.63, 3.8) is 0 Å². The molecule has 0 aromatic heterocycles. The fourth-order valence-electron chi connectivity index (χ4n) is 1.72. The Kier molecular flexibility index (Phi) is 7.40. The molecule has 0 radical (unpaired) electrons. The predicted octanol–water partition coefficient (Wildman–Crippen LogP) is 1.60. The fraction of sp³-hybridized carbons (Fsp3) is 0.462. The van der Waals surface area contributed by atoms with Crippen LogP contribution in [0.4, 0.5) is 5.69 Å². The van der Waals surface area contributed by atoms with Gasteiger partial charge in [-0.05, 0) is 41.4 Å². The van der Waals surface area contributed by atoms with E-state index in [-0.39, 0.29) is 12.2 Å². The van der Waals surface area contributed by atoms with Crippen molar-refractivity contribution < 1.29 is 18.3 Å². The van der Waals surface area contributed by atoms with Crippen molar-refractivity contribution in [1.82, 2.24) is 0 Å². The molecule has 1 aromatic carbocycles. The van der Waals surface area contributed by atoms with Crippen LogP contribution in [0, 0.1) is 0 Å². The van der Waals surface area contributed by atoms with Crippen LogP contribution in [0.2, 0.25) is 0 Å². The van der Waals surface area contributed by atoms with Crippen LogP contribution in [0.1, 0.15) is 18.4 Å². The maximum Gasteiger partial charge on any atom is 0.320 e. The lowest BCUT2D eigenvalue weighted by molar-refractivity contribution is -0.138. The number of hydrogen-bond donors (Lipinski definition) is 3. The van der Waals surface area contributed by atoms with Gasteiger partial charge in [0.1, 0.15) is 6.04 Å². The van der Waals surface area contributed by atoms with Gasteiger partial charge in [-0.2, -0.15) is 0 Å². The zero-order chi connectivity index (χ0) is 15.9. The SMILES string of the molecule is N[C@@H](Cc1cccc(NS(=O)(=O)CCCCI)c1)C(=O)O. The average molecular weight is 426 g/mol. The topological polar surface area (TPSA) is 109 Å². The molecule has 0 amide bonds. The van der Waals surface area contributed by atoms with E-state index in [1.807, 2.05) is 0 Å². The number of sulfonamides is 1. The first kappa shape index (κ1) is 18.2. The lowest BCUT2D eigenvalue weighted by Crippen LogP contribution is -2.32. The molecule has 0 aliphatic heterocycles. The minimum absolute atomic E-state index is 0.0782. The second-order valence-corrected chi connectivity index (χ2v) is 7.59. The summed E-state index contributed by atoms with van der Waals surface area (Å²) >= 11 is 2.21. The third-order valence-electron chi connectivity index (χ3n) is 2.77. The van der Waals surface area contributed by atoms with Gasteiger partial charge in [-0.15, -0.1) is 0 Å². The number of aliphatic carboxylic acids is 1. The van der Waals surface area contributed by atoms with Gasteiger partial charge >= 0.3 is 5.97 Å². The maximum atomic E-state index is 11.9. The van der Waals surface area contributed by atoms with Crippen molar-refractivity contribution in [1.29, 1.82) is 0 Å². The molecule has 1 atom stereocenters. The molecule has 0 spiro atoms. The second-order valence-electron chi connectivity index (χ2n) is 4.67. The summed E-state index contributed by atoms with van der Waals surface area (Å²) < 4.78 is 27.2. The minimum Gasteiger partial charge on any atom is -0.480 e. The number of carbonyl (C=O) groups is 1. The molecule has 6 nitrogen and oxygen atoms in total. The summed E-state index contributed by atoms with van der Waals surface area (Å²) in [5, 5.41) is 8.78. The van der Waals surface area contributed by atoms with Crippen LogP contribution in [0.5, 0.6) is 0 Å². The van der Waals surface area contributed by atoms with E-state index in [0.29, 0.717) is 17.7 Å². The highest BCUT2D eigenvalue weighted by Crippen LogP contribution is 2.14. The van der Waals surface area contributed by atoms with E-state index in [4.69, 9.17) is 10.8 Å². The highest BCUT2D eigenvalue weighted by atomic mass is 127. The molecule has 0 aliphatic rings. The summed E-state index contributed by atoms with van der Waals surface area (Å²) in [5.74, 6) is -1.01. The van der Waals surface area contributed by atoms with Crippen LogP contribution >= 0.6 is 22.6 Å². The molecular formula is C13H19IN2O4S. The molecule has 0 aliphatic carbocycles. The predicted molar refractivity (Wildman–Crippen MR) is 91.3 cm³/mol. The van der Waals surface area contributed by atoms with Crippen molar-refractivity contribution >= 4 is 44.3 Å². The van der Waals surface area contributed by atoms with Crippen LogP contribution < -0.4 is 10.5 Å². The number of nitrogens with one attached hydrogen (secondary N) is 1. The van der Waals surface area contributed by atoms with Crippen molar-refractivity contribution in [2.24, 2.45) is 5.73 Å². The number of hydrogen-bond acceptors (Lipinski definition) is 4. The van der Waals surface area contributed by atoms with Gasteiger partial charge in [0.15, 0.2) is 0 Å². The summed E-state index contributed by atoms with van der Waals surface area (Å²) in [7, 11) is -3.37. The van der Waals surface area contributed by atoms with Gasteiger partial charge in [-0.25, -0.2) is 8.42 Å². The fourth-order valence-corrected chi connectivity index (χ4v) is 3.43. The normalized spacial score (nSPS) is 12.9. The van der Waals surface area contributed by atoms with Crippen LogP contribution in [0.3, 0.4) is 0 Å². The lowest BCUT2D eigenvalue weighted by atomic mass is 10.1. The molecule has 0 saturated carbocycles. The van der Waals surface area contributed by atoms with E-state index in [9.17, 15) is 13.2 Å². The Balaban J connectivity index is 2.70. The Morgan fingerprint density at radius 3 is 2.71 bits per heavy atom. The third kappa shape index (κ3) is 7.09. The Bertz CT molecular complexity index is 577. The standard InChI is InChI=1S/C13H19IN2O4S/c14-6-1-2-7-21(19,20)16-11-5-3-4-10(8-11)9-12(15)13(17)18/h3-5,8,12,16H,1-2,6-7,9,15H2,(H,17,18)/t12-/m0/s1. The van der Waals surface area contributed by atoms with E-state index < -0.39 is 22.0 Å². The summed E-state index contributed by atoms with van der Waals surface area (Å²) in [6, 6.07) is 5.63. The molecule has 1 aromatic rings. The number of carboxylic acids is 1. The molecule has 0 saturated heterocycles. The minimum atomic E-state index is -3.37. The first-order valence-electron chi connectivity index (χ1n) is 6.48. The number of anilines is 1. The van der Waals surface area contributed by atoms with Crippen molar-refractivity contribution in [2.75, 3.05) is 14.9 Å². The van der Waals surface area contributed by atoms with Crippen LogP contribution in [-0.2, 0) is 21.2 Å². The Morgan fingerprint density at radius 1 is 1.38 bits per heavy atom. The molecule has 8 heteroatoms. The second kappa shape index (κ2) is 8.54. The number of halogens is 1. The van der Waals surface area contributed by atoms with Gasteiger partial charge in [0.2, 0.25) is 10.0 Å². The first-order valence-corrected chi connectivity index (χ1v) is 9.65. The summed E-state index contributed by atoms with van der Waals surface area (Å²) in [5.41, 5.74) is 6.58. The van der Waals surface area contributed by atoms with Gasteiger partial charge in [0.05, 0.1) is 5.75 Å². The van der Waals surface area contributed by atoms with E-state index in [1.165, 1.54) is 0 Å². The number of unbranched alkanes of at least 4 members (excludes halogenated alkanes) is 1. The summed E-state index contributed by atoms with van der Waals surface area (Å²) in [4.78, 5) is 10.7. The molecule has 0 unspecified atom stereocenters. The highest BCUT2D eigenvalue weighted by molar-refractivity contribution is 14.1. The molecule has 0 bridgehead atoms. The first-order chi connectivity index (χ1) is 9.84. The average Bonchev–Trinajstić information content (AvgIpc) is 2.38. The molecular weight excluding hydrogens is 407 g/mol. The van der Waals surface area contributed by atoms with Crippen LogP contribution in [0.25, 0.3) is 0 Å². The monoisotopic (exact) mass is 426 g/mol. The summed E-state index contributed by atoms with van der Waals surface area (Å²) in [6.07, 6.45) is 1.62. The number of alkyl halides is 1. The van der Waals surface area contributed by atoms with Crippen LogP contribution in [-0.4, -0.2) is 35.7 Å². The van der Waals surface area contributed by atoms with Crippen molar-refractivity contribution in [3.8, 4) is 0 Å². The van der Waals surface area contributed by atoms with Gasteiger partial charge < -0.3 is 10.8 Å². The van der Waals surface area contributed by atoms with Crippen molar-refractivity contribution in [2.45, 2.75) is 25.3 Å². The largest absolute Gasteiger partial charge is 0.480 e. The summed E-state index contributed by atoms with van der Waals surface area (Å²) in [6.45, 7) is 0. The van der Waals surface area contributed by atoms with Gasteiger partial charge in [0, 0.05) is 5.69 Å². The number of carboxylic acid groups (broad SMARTS) is 1. The zero-order valence-corrected chi connectivity index (χ0v) is 14.4. The maximum absolute atomic E-state index is 11.9. The molecule has 118 valence electrons. The molecule has 1 rings (SSSR count). The van der Waals surface area contributed by atoms with Crippen LogP contribution in [0.15, 0.2) is 24.3 Å². The lowest BCUT2D eigenvalue weighted by Gasteiger charge is -2.10. The highest BCUT2D eigenvalue weighted by Gasteiger charge is 2.14. The molecule has 21 heavy (non-hydrogen) atoms. The molecule has 0 fully saturated rings. The number of benzene rings is 1. The van der Waals surface area contributed by atoms with Gasteiger partial charge in [-0.1, -0.05) is 34.7 Å². The Hall–Kier alpha value is -0.870. The Labute approximate surface area is 138 Å². The Morgan fingerprint density at radius 2 is 2.10 bits per heavy atom. The van der Waals surface area contributed by atoms with E-state index >= 15 is 0 Å². The quantitative estimate of drug-likeness (QED) is 0.316. The molecule has 4 N–H and O–H groups in total. The van der Waals surface area contributed by atoms with Gasteiger partial charge in [-0.3, -0.25) is 9.52 Å². The zero-order valence-electron chi connectivity index (χ0n) is 11.5. The van der Waals surface area contributed by atoms with E-state index in [0.717, 1.165) is 10.8 Å². The third-order valence-corrected chi connectivity index (χ3v) is 4.91. The van der Waals surface area contributed by atoms with Gasteiger partial charge in [0.25, 0.3) is 0 Å². The van der Waals surface area contributed by atoms with E-state index in [1.54, 1.807) is 24.3 Å². The van der Waals surface area contributed by atoms with Crippen molar-refractivity contribution in [3.05, 3.63) is 29.8 Å². The molecule has 0 heterocycles. The smallest absolute Gasteiger partial charge is 0.320 e. The number of rotatable bonds is 9. The number of nitrogens with two attached hydrogens (primary N) is 1. The van der Waals surface area contributed by atoms with E-state index in [2.05, 4.69) is 27.3 Å².